The summed E-state index contributed by atoms with van der Waals surface area (Å²) < 4.78 is 5.38. The van der Waals surface area contributed by atoms with Gasteiger partial charge in [-0.1, -0.05) is 20.8 Å². The molecule has 0 aliphatic carbocycles. The first kappa shape index (κ1) is 13.6. The molecule has 4 atom stereocenters. The minimum absolute atomic E-state index is 0.168. The molecule has 16 heavy (non-hydrogen) atoms. The third-order valence-electron chi connectivity index (χ3n) is 2.76. The van der Waals surface area contributed by atoms with Crippen LogP contribution in [0.3, 0.4) is 0 Å². The summed E-state index contributed by atoms with van der Waals surface area (Å²) in [5, 5.41) is 22.5. The molecule has 1 rings (SSSR count). The predicted molar refractivity (Wildman–Crippen MR) is 59.1 cm³/mol. The zero-order chi connectivity index (χ0) is 12.3. The number of rotatable bonds is 5. The molecular weight excluding hydrogens is 210 g/mol. The molecule has 0 aromatic carbocycles. The van der Waals surface area contributed by atoms with Gasteiger partial charge in [0.1, 0.15) is 18.3 Å². The van der Waals surface area contributed by atoms with E-state index in [0.717, 1.165) is 0 Å². The Labute approximate surface area is 95.8 Å². The van der Waals surface area contributed by atoms with Crippen LogP contribution in [0.25, 0.3) is 0 Å². The molecule has 2 unspecified atom stereocenters. The average Bonchev–Trinajstić information content (AvgIpc) is 2.52. The van der Waals surface area contributed by atoms with Gasteiger partial charge in [0.15, 0.2) is 5.78 Å². The molecule has 5 nitrogen and oxygen atoms in total. The van der Waals surface area contributed by atoms with E-state index in [1.54, 1.807) is 6.92 Å². The van der Waals surface area contributed by atoms with Crippen LogP contribution in [0.4, 0.5) is 0 Å². The predicted octanol–water partition coefficient (Wildman–Crippen LogP) is -0.547. The lowest BCUT2D eigenvalue weighted by atomic mass is 10.0. The molecule has 94 valence electrons. The average molecular weight is 231 g/mol. The van der Waals surface area contributed by atoms with Crippen molar-refractivity contribution >= 4 is 5.78 Å². The maximum atomic E-state index is 11.4. The van der Waals surface area contributed by atoms with Crippen LogP contribution >= 0.6 is 0 Å². The number of hydrogen-bond acceptors (Lipinski definition) is 5. The fraction of sp³-hybridized carbons (Fsp3) is 0.909. The number of aliphatic hydroxyl groups is 2. The van der Waals surface area contributed by atoms with Gasteiger partial charge in [-0.25, -0.2) is 0 Å². The molecule has 3 N–H and O–H groups in total. The standard InChI is InChI=1S/C11H21NO4/c1-4-7(13)11-10(15)9(14)8(16-11)5-12-6(2)3/h6,8-12,14-15H,4-5H2,1-3H3/t8-,9?,10?,11+/m1/s1. The number of Topliss-reactive ketones (excluding diaryl/α,β-unsaturated/α-hetero) is 1. The molecular formula is C11H21NO4. The summed E-state index contributed by atoms with van der Waals surface area (Å²) in [7, 11) is 0. The summed E-state index contributed by atoms with van der Waals surface area (Å²) in [6.07, 6.45) is -3.19. The Morgan fingerprint density at radius 2 is 2.00 bits per heavy atom. The fourth-order valence-corrected chi connectivity index (χ4v) is 1.74. The lowest BCUT2D eigenvalue weighted by Crippen LogP contribution is -2.40. The minimum atomic E-state index is -1.11. The van der Waals surface area contributed by atoms with Gasteiger partial charge in [0, 0.05) is 19.0 Å². The Hall–Kier alpha value is -0.490. The molecule has 0 bridgehead atoms. The third kappa shape index (κ3) is 3.01. The zero-order valence-corrected chi connectivity index (χ0v) is 10.0. The van der Waals surface area contributed by atoms with Gasteiger partial charge in [0.25, 0.3) is 0 Å². The van der Waals surface area contributed by atoms with Crippen molar-refractivity contribution in [2.45, 2.75) is 57.6 Å². The molecule has 0 spiro atoms. The molecule has 0 radical (unpaired) electrons. The van der Waals surface area contributed by atoms with Gasteiger partial charge in [-0.3, -0.25) is 4.79 Å². The Morgan fingerprint density at radius 1 is 1.38 bits per heavy atom. The van der Waals surface area contributed by atoms with E-state index in [4.69, 9.17) is 4.74 Å². The zero-order valence-electron chi connectivity index (χ0n) is 10.0. The van der Waals surface area contributed by atoms with Crippen LogP contribution in [0.15, 0.2) is 0 Å². The first-order chi connectivity index (χ1) is 7.47. The van der Waals surface area contributed by atoms with Crippen LogP contribution in [-0.2, 0) is 9.53 Å². The van der Waals surface area contributed by atoms with Crippen molar-refractivity contribution in [3.8, 4) is 0 Å². The van der Waals surface area contributed by atoms with Crippen LogP contribution in [-0.4, -0.2) is 53.0 Å². The Kier molecular flexibility index (Phi) is 4.86. The second-order valence-electron chi connectivity index (χ2n) is 4.46. The lowest BCUT2D eigenvalue weighted by Gasteiger charge is -2.16. The Bertz CT molecular complexity index is 244. The van der Waals surface area contributed by atoms with Gasteiger partial charge >= 0.3 is 0 Å². The largest absolute Gasteiger partial charge is 0.388 e. The molecule has 0 saturated carbocycles. The monoisotopic (exact) mass is 231 g/mol. The molecule has 1 fully saturated rings. The van der Waals surface area contributed by atoms with E-state index in [-0.39, 0.29) is 11.8 Å². The van der Waals surface area contributed by atoms with E-state index in [0.29, 0.717) is 13.0 Å². The quantitative estimate of drug-likeness (QED) is 0.592. The molecule has 1 aliphatic heterocycles. The topological polar surface area (TPSA) is 78.8 Å². The van der Waals surface area contributed by atoms with Gasteiger partial charge in [-0.15, -0.1) is 0 Å². The Morgan fingerprint density at radius 3 is 2.50 bits per heavy atom. The molecule has 0 aromatic rings. The number of hydrogen-bond donors (Lipinski definition) is 3. The molecule has 5 heteroatoms. The smallest absolute Gasteiger partial charge is 0.164 e. The number of aliphatic hydroxyl groups excluding tert-OH is 2. The summed E-state index contributed by atoms with van der Waals surface area (Å²) >= 11 is 0. The summed E-state index contributed by atoms with van der Waals surface area (Å²) in [5.74, 6) is -0.168. The number of ether oxygens (including phenoxy) is 1. The molecule has 0 amide bonds. The highest BCUT2D eigenvalue weighted by Crippen LogP contribution is 2.22. The highest BCUT2D eigenvalue weighted by Gasteiger charge is 2.45. The van der Waals surface area contributed by atoms with Crippen LogP contribution in [0.1, 0.15) is 27.2 Å². The highest BCUT2D eigenvalue weighted by molar-refractivity contribution is 5.83. The lowest BCUT2D eigenvalue weighted by molar-refractivity contribution is -0.133. The van der Waals surface area contributed by atoms with E-state index in [1.165, 1.54) is 0 Å². The normalized spacial score (nSPS) is 34.6. The van der Waals surface area contributed by atoms with Crippen molar-refractivity contribution in [2.75, 3.05) is 6.54 Å². The van der Waals surface area contributed by atoms with Crippen LogP contribution in [0.2, 0.25) is 0 Å². The van der Waals surface area contributed by atoms with Crippen molar-refractivity contribution in [2.24, 2.45) is 0 Å². The van der Waals surface area contributed by atoms with Crippen molar-refractivity contribution in [1.29, 1.82) is 0 Å². The molecule has 0 aromatic heterocycles. The minimum Gasteiger partial charge on any atom is -0.388 e. The molecule has 1 aliphatic rings. The molecule has 1 saturated heterocycles. The van der Waals surface area contributed by atoms with E-state index in [9.17, 15) is 15.0 Å². The van der Waals surface area contributed by atoms with E-state index < -0.39 is 24.4 Å². The Balaban J connectivity index is 2.54. The second-order valence-corrected chi connectivity index (χ2v) is 4.46. The first-order valence-corrected chi connectivity index (χ1v) is 5.75. The van der Waals surface area contributed by atoms with E-state index >= 15 is 0 Å². The van der Waals surface area contributed by atoms with Gasteiger partial charge in [0.05, 0.1) is 6.10 Å². The van der Waals surface area contributed by atoms with Crippen molar-refractivity contribution in [3.63, 3.8) is 0 Å². The second kappa shape index (κ2) is 5.72. The van der Waals surface area contributed by atoms with E-state index in [1.807, 2.05) is 13.8 Å². The van der Waals surface area contributed by atoms with Gasteiger partial charge in [0.2, 0.25) is 0 Å². The number of ketones is 1. The van der Waals surface area contributed by atoms with Crippen LogP contribution in [0, 0.1) is 0 Å². The van der Waals surface area contributed by atoms with Gasteiger partial charge < -0.3 is 20.3 Å². The van der Waals surface area contributed by atoms with Crippen LogP contribution in [0.5, 0.6) is 0 Å². The first-order valence-electron chi connectivity index (χ1n) is 5.75. The molecule has 1 heterocycles. The summed E-state index contributed by atoms with van der Waals surface area (Å²) in [6, 6.07) is 0.272. The number of nitrogens with one attached hydrogen (secondary N) is 1. The summed E-state index contributed by atoms with van der Waals surface area (Å²) in [4.78, 5) is 11.4. The van der Waals surface area contributed by atoms with Crippen molar-refractivity contribution in [3.05, 3.63) is 0 Å². The van der Waals surface area contributed by atoms with Crippen LogP contribution < -0.4 is 5.32 Å². The number of carbonyl (C=O) groups is 1. The van der Waals surface area contributed by atoms with Gasteiger partial charge in [-0.2, -0.15) is 0 Å². The van der Waals surface area contributed by atoms with Gasteiger partial charge in [-0.05, 0) is 0 Å². The van der Waals surface area contributed by atoms with Crippen molar-refractivity contribution in [1.82, 2.24) is 5.32 Å². The maximum absolute atomic E-state index is 11.4. The number of carbonyl (C=O) groups excluding carboxylic acids is 1. The third-order valence-corrected chi connectivity index (χ3v) is 2.76. The fourth-order valence-electron chi connectivity index (χ4n) is 1.74. The maximum Gasteiger partial charge on any atom is 0.164 e. The summed E-state index contributed by atoms with van der Waals surface area (Å²) in [5.41, 5.74) is 0. The summed E-state index contributed by atoms with van der Waals surface area (Å²) in [6.45, 7) is 6.10. The van der Waals surface area contributed by atoms with Crippen molar-refractivity contribution < 1.29 is 19.7 Å². The SMILES string of the molecule is CCC(=O)[C@@H]1O[C@H](CNC(C)C)C(O)C1O. The highest BCUT2D eigenvalue weighted by atomic mass is 16.5. The van der Waals surface area contributed by atoms with E-state index in [2.05, 4.69) is 5.32 Å².